The maximum atomic E-state index is 10.8. The molecule has 0 saturated carbocycles. The molecule has 14 heavy (non-hydrogen) atoms. The molecule has 1 amide bonds. The molecular formula is C10H12N2O2. The fourth-order valence-electron chi connectivity index (χ4n) is 0.862. The molecule has 0 radical (unpaired) electrons. The van der Waals surface area contributed by atoms with Gasteiger partial charge < -0.3 is 4.74 Å². The van der Waals surface area contributed by atoms with Gasteiger partial charge in [-0.1, -0.05) is 30.3 Å². The van der Waals surface area contributed by atoms with E-state index in [0.29, 0.717) is 6.61 Å². The Bertz CT molecular complexity index is 309. The highest BCUT2D eigenvalue weighted by atomic mass is 16.5. The molecule has 0 atom stereocenters. The summed E-state index contributed by atoms with van der Waals surface area (Å²) in [4.78, 5) is 10.8. The van der Waals surface area contributed by atoms with Crippen LogP contribution in [0.25, 0.3) is 0 Å². The van der Waals surface area contributed by atoms with E-state index in [1.807, 2.05) is 30.3 Å². The van der Waals surface area contributed by atoms with E-state index in [2.05, 4.69) is 15.3 Å². The molecule has 0 aromatic heterocycles. The van der Waals surface area contributed by atoms with Crippen LogP contribution in [0, 0.1) is 0 Å². The van der Waals surface area contributed by atoms with Crippen LogP contribution in [0.2, 0.25) is 0 Å². The van der Waals surface area contributed by atoms with E-state index in [9.17, 15) is 4.79 Å². The molecule has 1 rings (SSSR count). The molecule has 74 valence electrons. The molecule has 0 spiro atoms. The van der Waals surface area contributed by atoms with Crippen LogP contribution in [0.15, 0.2) is 35.4 Å². The van der Waals surface area contributed by atoms with Crippen molar-refractivity contribution in [3.8, 4) is 0 Å². The topological polar surface area (TPSA) is 50.7 Å². The third-order valence-electron chi connectivity index (χ3n) is 1.44. The van der Waals surface area contributed by atoms with E-state index in [4.69, 9.17) is 0 Å². The number of amides is 1. The van der Waals surface area contributed by atoms with Gasteiger partial charge in [-0.3, -0.25) is 0 Å². The molecule has 0 unspecified atom stereocenters. The van der Waals surface area contributed by atoms with Crippen LogP contribution in [0.1, 0.15) is 12.5 Å². The Morgan fingerprint density at radius 2 is 2.21 bits per heavy atom. The van der Waals surface area contributed by atoms with Gasteiger partial charge in [-0.25, -0.2) is 10.2 Å². The highest BCUT2D eigenvalue weighted by Gasteiger charge is 1.94. The zero-order valence-corrected chi connectivity index (χ0v) is 7.93. The van der Waals surface area contributed by atoms with E-state index in [0.717, 1.165) is 5.56 Å². The van der Waals surface area contributed by atoms with Gasteiger partial charge in [-0.05, 0) is 12.5 Å². The fraction of sp³-hybridized carbons (Fsp3) is 0.200. The van der Waals surface area contributed by atoms with Gasteiger partial charge >= 0.3 is 6.09 Å². The monoisotopic (exact) mass is 192 g/mol. The Balaban J connectivity index is 2.38. The van der Waals surface area contributed by atoms with E-state index in [-0.39, 0.29) is 0 Å². The smallest absolute Gasteiger partial charge is 0.427 e. The predicted octanol–water partition coefficient (Wildman–Crippen LogP) is 1.77. The lowest BCUT2D eigenvalue weighted by Crippen LogP contribution is -2.18. The normalized spacial score (nSPS) is 10.1. The summed E-state index contributed by atoms with van der Waals surface area (Å²) >= 11 is 0. The summed E-state index contributed by atoms with van der Waals surface area (Å²) in [6.45, 7) is 2.08. The molecule has 0 aliphatic heterocycles. The van der Waals surface area contributed by atoms with Crippen LogP contribution in [-0.4, -0.2) is 18.9 Å². The number of nitrogens with one attached hydrogen (secondary N) is 1. The number of benzene rings is 1. The number of hydrogen-bond donors (Lipinski definition) is 1. The first-order chi connectivity index (χ1) is 6.83. The number of nitrogens with zero attached hydrogens (tertiary/aromatic N) is 1. The molecule has 0 saturated heterocycles. The van der Waals surface area contributed by atoms with Crippen LogP contribution in [0.5, 0.6) is 0 Å². The molecule has 0 aliphatic rings. The fourth-order valence-corrected chi connectivity index (χ4v) is 0.862. The summed E-state index contributed by atoms with van der Waals surface area (Å²) in [5.74, 6) is 0. The second-order valence-corrected chi connectivity index (χ2v) is 2.50. The molecule has 1 aromatic carbocycles. The van der Waals surface area contributed by atoms with Crippen LogP contribution in [0.3, 0.4) is 0 Å². The lowest BCUT2D eigenvalue weighted by atomic mass is 10.2. The highest BCUT2D eigenvalue weighted by Crippen LogP contribution is 1.93. The van der Waals surface area contributed by atoms with Crippen molar-refractivity contribution in [2.24, 2.45) is 5.10 Å². The van der Waals surface area contributed by atoms with Gasteiger partial charge in [0, 0.05) is 0 Å². The maximum absolute atomic E-state index is 10.8. The summed E-state index contributed by atoms with van der Waals surface area (Å²) in [7, 11) is 0. The highest BCUT2D eigenvalue weighted by molar-refractivity contribution is 5.80. The minimum Gasteiger partial charge on any atom is -0.449 e. The van der Waals surface area contributed by atoms with Gasteiger partial charge in [0.1, 0.15) is 0 Å². The number of rotatable bonds is 3. The number of ether oxygens (including phenoxy) is 1. The van der Waals surface area contributed by atoms with Gasteiger partial charge in [0.2, 0.25) is 0 Å². The van der Waals surface area contributed by atoms with Crippen molar-refractivity contribution < 1.29 is 9.53 Å². The molecule has 0 bridgehead atoms. The Hall–Kier alpha value is -1.84. The summed E-state index contributed by atoms with van der Waals surface area (Å²) in [6, 6.07) is 9.47. The Kier molecular flexibility index (Phi) is 4.20. The zero-order valence-electron chi connectivity index (χ0n) is 7.93. The van der Waals surface area contributed by atoms with Crippen molar-refractivity contribution in [3.63, 3.8) is 0 Å². The first kappa shape index (κ1) is 10.2. The van der Waals surface area contributed by atoms with E-state index in [1.165, 1.54) is 0 Å². The zero-order chi connectivity index (χ0) is 10.2. The average molecular weight is 192 g/mol. The lowest BCUT2D eigenvalue weighted by molar-refractivity contribution is 0.152. The van der Waals surface area contributed by atoms with Crippen LogP contribution in [0.4, 0.5) is 4.79 Å². The van der Waals surface area contributed by atoms with Gasteiger partial charge in [-0.2, -0.15) is 5.10 Å². The Morgan fingerprint density at radius 3 is 2.86 bits per heavy atom. The summed E-state index contributed by atoms with van der Waals surface area (Å²) in [5.41, 5.74) is 3.16. The largest absolute Gasteiger partial charge is 0.449 e. The van der Waals surface area contributed by atoms with Crippen LogP contribution >= 0.6 is 0 Å². The van der Waals surface area contributed by atoms with Crippen LogP contribution in [-0.2, 0) is 4.74 Å². The minimum absolute atomic E-state index is 0.340. The summed E-state index contributed by atoms with van der Waals surface area (Å²) < 4.78 is 4.62. The van der Waals surface area contributed by atoms with Crippen molar-refractivity contribution in [1.82, 2.24) is 5.43 Å². The van der Waals surface area contributed by atoms with Crippen molar-refractivity contribution in [3.05, 3.63) is 35.9 Å². The molecule has 4 nitrogen and oxygen atoms in total. The first-order valence-corrected chi connectivity index (χ1v) is 4.34. The van der Waals surface area contributed by atoms with Crippen molar-refractivity contribution in [1.29, 1.82) is 0 Å². The van der Waals surface area contributed by atoms with E-state index in [1.54, 1.807) is 13.1 Å². The predicted molar refractivity (Wildman–Crippen MR) is 54.2 cm³/mol. The van der Waals surface area contributed by atoms with Gasteiger partial charge in [0.15, 0.2) is 0 Å². The van der Waals surface area contributed by atoms with Gasteiger partial charge in [0.05, 0.1) is 12.8 Å². The van der Waals surface area contributed by atoms with Crippen molar-refractivity contribution in [2.75, 3.05) is 6.61 Å². The molecule has 1 N–H and O–H groups in total. The van der Waals surface area contributed by atoms with Crippen LogP contribution < -0.4 is 5.43 Å². The minimum atomic E-state index is -0.542. The first-order valence-electron chi connectivity index (χ1n) is 4.34. The molecule has 4 heteroatoms. The van der Waals surface area contributed by atoms with Crippen molar-refractivity contribution in [2.45, 2.75) is 6.92 Å². The van der Waals surface area contributed by atoms with Crippen molar-refractivity contribution >= 4 is 12.3 Å². The number of hydrogen-bond acceptors (Lipinski definition) is 3. The molecular weight excluding hydrogens is 180 g/mol. The second kappa shape index (κ2) is 5.75. The Labute approximate surface area is 82.6 Å². The number of hydrazone groups is 1. The number of carbonyl (C=O) groups excluding carboxylic acids is 1. The maximum Gasteiger partial charge on any atom is 0.427 e. The SMILES string of the molecule is CCOC(=O)NN=Cc1ccccc1. The van der Waals surface area contributed by atoms with Gasteiger partial charge in [-0.15, -0.1) is 0 Å². The summed E-state index contributed by atoms with van der Waals surface area (Å²) in [6.07, 6.45) is 1.01. The van der Waals surface area contributed by atoms with Gasteiger partial charge in [0.25, 0.3) is 0 Å². The molecule has 0 aliphatic carbocycles. The Morgan fingerprint density at radius 1 is 1.50 bits per heavy atom. The summed E-state index contributed by atoms with van der Waals surface area (Å²) in [5, 5.41) is 3.71. The second-order valence-electron chi connectivity index (χ2n) is 2.50. The van der Waals surface area contributed by atoms with E-state index >= 15 is 0 Å². The standard InChI is InChI=1S/C10H12N2O2/c1-2-14-10(13)12-11-8-9-6-4-3-5-7-9/h3-8H,2H2,1H3,(H,12,13). The third-order valence-corrected chi connectivity index (χ3v) is 1.44. The average Bonchev–Trinajstić information content (AvgIpc) is 2.20. The quantitative estimate of drug-likeness (QED) is 0.586. The third kappa shape index (κ3) is 3.71. The van der Waals surface area contributed by atoms with E-state index < -0.39 is 6.09 Å². The number of carbonyl (C=O) groups is 1. The molecule has 1 aromatic rings. The molecule has 0 heterocycles. The lowest BCUT2D eigenvalue weighted by Gasteiger charge is -1.98. The molecule has 0 fully saturated rings.